The van der Waals surface area contributed by atoms with E-state index >= 15 is 0 Å². The molecular weight excluding hydrogens is 589 g/mol. The normalized spacial score (nSPS) is 20.8. The first-order chi connectivity index (χ1) is 22.7. The van der Waals surface area contributed by atoms with E-state index in [0.717, 1.165) is 75.8 Å². The second kappa shape index (κ2) is 10.9. The number of halogens is 1. The van der Waals surface area contributed by atoms with Crippen molar-refractivity contribution in [2.75, 3.05) is 31.7 Å². The SMILES string of the molecule is COc1cc2c3c(c4c(c2cc1O)-c1ccccc1C4(C)C)C=CC(c1ccc(F)cc1)(c1ccc(N2CCCC(CO)C2)cc1)O3. The lowest BCUT2D eigenvalue weighted by Gasteiger charge is -2.39. The Bertz CT molecular complexity index is 2050. The highest BCUT2D eigenvalue weighted by atomic mass is 19.1. The zero-order valence-electron chi connectivity index (χ0n) is 26.9. The van der Waals surface area contributed by atoms with Crippen LogP contribution in [-0.4, -0.2) is 37.0 Å². The summed E-state index contributed by atoms with van der Waals surface area (Å²) in [6, 6.07) is 27.1. The van der Waals surface area contributed by atoms with Gasteiger partial charge in [-0.2, -0.15) is 0 Å². The Balaban J connectivity index is 1.35. The second-order valence-corrected chi connectivity index (χ2v) is 13.6. The molecule has 3 aliphatic rings. The van der Waals surface area contributed by atoms with Crippen molar-refractivity contribution >= 4 is 22.5 Å². The van der Waals surface area contributed by atoms with Gasteiger partial charge in [0.1, 0.15) is 11.6 Å². The van der Waals surface area contributed by atoms with Gasteiger partial charge in [-0.1, -0.05) is 68.5 Å². The third kappa shape index (κ3) is 4.45. The average Bonchev–Trinajstić information content (AvgIpc) is 3.35. The zero-order chi connectivity index (χ0) is 32.5. The van der Waals surface area contributed by atoms with E-state index in [9.17, 15) is 14.6 Å². The van der Waals surface area contributed by atoms with Crippen molar-refractivity contribution in [3.8, 4) is 28.4 Å². The zero-order valence-corrected chi connectivity index (χ0v) is 26.9. The van der Waals surface area contributed by atoms with Gasteiger partial charge in [0, 0.05) is 52.9 Å². The number of aromatic hydroxyl groups is 1. The number of nitrogens with zero attached hydrogens (tertiary/aromatic N) is 1. The Labute approximate surface area is 274 Å². The van der Waals surface area contributed by atoms with Crippen LogP contribution in [0.2, 0.25) is 0 Å². The van der Waals surface area contributed by atoms with Gasteiger partial charge in [0.15, 0.2) is 17.1 Å². The Morgan fingerprint density at radius 2 is 1.68 bits per heavy atom. The number of hydrogen-bond acceptors (Lipinski definition) is 5. The molecule has 2 unspecified atom stereocenters. The van der Waals surface area contributed by atoms with Gasteiger partial charge < -0.3 is 24.6 Å². The molecule has 1 fully saturated rings. The molecule has 0 aromatic heterocycles. The summed E-state index contributed by atoms with van der Waals surface area (Å²) in [5.41, 5.74) is 7.01. The van der Waals surface area contributed by atoms with Gasteiger partial charge in [0.05, 0.1) is 7.11 Å². The molecule has 5 aromatic rings. The molecule has 1 saturated heterocycles. The van der Waals surface area contributed by atoms with Crippen LogP contribution in [0.15, 0.2) is 91.0 Å². The van der Waals surface area contributed by atoms with Crippen LogP contribution in [-0.2, 0) is 11.0 Å². The molecule has 1 aliphatic carbocycles. The van der Waals surface area contributed by atoms with Crippen molar-refractivity contribution in [2.24, 2.45) is 5.92 Å². The van der Waals surface area contributed by atoms with Crippen LogP contribution in [0.25, 0.3) is 28.0 Å². The molecule has 0 radical (unpaired) electrons. The van der Waals surface area contributed by atoms with E-state index < -0.39 is 5.60 Å². The average molecular weight is 628 g/mol. The molecule has 0 bridgehead atoms. The maximum atomic E-state index is 14.3. The maximum Gasteiger partial charge on any atom is 0.178 e. The highest BCUT2D eigenvalue weighted by molar-refractivity contribution is 6.09. The van der Waals surface area contributed by atoms with Crippen LogP contribution in [0.5, 0.6) is 17.2 Å². The number of ether oxygens (including phenoxy) is 2. The summed E-state index contributed by atoms with van der Waals surface area (Å²) in [5, 5.41) is 22.6. The first-order valence-electron chi connectivity index (χ1n) is 16.4. The van der Waals surface area contributed by atoms with Gasteiger partial charge in [0.25, 0.3) is 0 Å². The predicted molar refractivity (Wildman–Crippen MR) is 185 cm³/mol. The van der Waals surface area contributed by atoms with Gasteiger partial charge in [0.2, 0.25) is 0 Å². The van der Waals surface area contributed by atoms with E-state index in [-0.39, 0.29) is 29.5 Å². The molecule has 5 nitrogen and oxygen atoms in total. The van der Waals surface area contributed by atoms with Crippen LogP contribution in [0, 0.1) is 11.7 Å². The number of benzene rings is 5. The third-order valence-corrected chi connectivity index (χ3v) is 10.6. The van der Waals surface area contributed by atoms with Crippen LogP contribution in [0.3, 0.4) is 0 Å². The van der Waals surface area contributed by atoms with Gasteiger partial charge in [-0.15, -0.1) is 0 Å². The molecule has 2 N–H and O–H groups in total. The first-order valence-corrected chi connectivity index (χ1v) is 16.4. The summed E-state index contributed by atoms with van der Waals surface area (Å²) in [6.07, 6.45) is 6.35. The summed E-state index contributed by atoms with van der Waals surface area (Å²) in [5.74, 6) is 1.08. The van der Waals surface area contributed by atoms with Crippen molar-refractivity contribution in [3.63, 3.8) is 0 Å². The first kappa shape index (κ1) is 29.6. The molecule has 5 aromatic carbocycles. The summed E-state index contributed by atoms with van der Waals surface area (Å²) in [4.78, 5) is 2.33. The molecule has 6 heteroatoms. The van der Waals surface area contributed by atoms with E-state index in [2.05, 4.69) is 79.4 Å². The minimum absolute atomic E-state index is 0.0669. The summed E-state index contributed by atoms with van der Waals surface area (Å²) < 4.78 is 27.3. The largest absolute Gasteiger partial charge is 0.504 e. The van der Waals surface area contributed by atoms with E-state index in [1.165, 1.54) is 17.7 Å². The second-order valence-electron chi connectivity index (χ2n) is 13.6. The Morgan fingerprint density at radius 1 is 0.957 bits per heavy atom. The van der Waals surface area contributed by atoms with Crippen molar-refractivity contribution < 1.29 is 24.1 Å². The number of fused-ring (bicyclic) bond motifs is 8. The number of aliphatic hydroxyl groups is 1. The molecular formula is C41H38FNO4. The lowest BCUT2D eigenvalue weighted by Crippen LogP contribution is -2.37. The molecule has 0 saturated carbocycles. The fourth-order valence-electron chi connectivity index (χ4n) is 8.17. The van der Waals surface area contributed by atoms with E-state index in [4.69, 9.17) is 9.47 Å². The standard InChI is InChI=1S/C41H38FNO4/c1-40(2)34-9-5-4-8-30(34)37-32-21-35(45)36(46-3)22-33(32)39-31(38(37)40)18-19-41(47-39,26-10-14-28(42)15-11-26)27-12-16-29(17-13-27)43-20-6-7-25(23-43)24-44/h4-5,8-19,21-22,25,44-45H,6-7,20,23-24H2,1-3H3. The molecule has 8 rings (SSSR count). The van der Waals surface area contributed by atoms with Crippen LogP contribution in [0.1, 0.15) is 54.5 Å². The Morgan fingerprint density at radius 3 is 2.40 bits per heavy atom. The molecule has 0 spiro atoms. The van der Waals surface area contributed by atoms with Gasteiger partial charge in [-0.25, -0.2) is 4.39 Å². The third-order valence-electron chi connectivity index (χ3n) is 10.6. The predicted octanol–water partition coefficient (Wildman–Crippen LogP) is 8.56. The summed E-state index contributed by atoms with van der Waals surface area (Å²) in [6.45, 7) is 6.45. The number of phenolic OH excluding ortho intramolecular Hbond substituents is 1. The number of hydrogen-bond donors (Lipinski definition) is 2. The van der Waals surface area contributed by atoms with E-state index in [0.29, 0.717) is 11.5 Å². The summed E-state index contributed by atoms with van der Waals surface area (Å²) in [7, 11) is 1.55. The highest BCUT2D eigenvalue weighted by Gasteiger charge is 2.44. The molecule has 2 aliphatic heterocycles. The lowest BCUT2D eigenvalue weighted by atomic mass is 9.76. The minimum atomic E-state index is -1.06. The van der Waals surface area contributed by atoms with Crippen LogP contribution < -0.4 is 14.4 Å². The highest BCUT2D eigenvalue weighted by Crippen LogP contribution is 2.59. The summed E-state index contributed by atoms with van der Waals surface area (Å²) >= 11 is 0. The number of methoxy groups -OCH3 is 1. The topological polar surface area (TPSA) is 62.2 Å². The van der Waals surface area contributed by atoms with Gasteiger partial charge >= 0.3 is 0 Å². The van der Waals surface area contributed by atoms with Crippen molar-refractivity contribution in [1.82, 2.24) is 0 Å². The van der Waals surface area contributed by atoms with Crippen molar-refractivity contribution in [3.05, 3.63) is 125 Å². The molecule has 2 heterocycles. The lowest BCUT2D eigenvalue weighted by molar-refractivity contribution is 0.163. The van der Waals surface area contributed by atoms with Crippen molar-refractivity contribution in [2.45, 2.75) is 37.7 Å². The van der Waals surface area contributed by atoms with Gasteiger partial charge in [-0.05, 0) is 88.9 Å². The fourth-order valence-corrected chi connectivity index (χ4v) is 8.17. The maximum absolute atomic E-state index is 14.3. The molecule has 2 atom stereocenters. The number of aliphatic hydroxyl groups excluding tert-OH is 1. The van der Waals surface area contributed by atoms with E-state index in [1.54, 1.807) is 25.3 Å². The quantitative estimate of drug-likeness (QED) is 0.205. The van der Waals surface area contributed by atoms with E-state index in [1.807, 2.05) is 6.07 Å². The smallest absolute Gasteiger partial charge is 0.178 e. The number of piperidine rings is 1. The number of phenols is 1. The Hall–Kier alpha value is -4.81. The van der Waals surface area contributed by atoms with Crippen LogP contribution >= 0.6 is 0 Å². The van der Waals surface area contributed by atoms with Gasteiger partial charge in [-0.3, -0.25) is 0 Å². The molecule has 0 amide bonds. The molecule has 47 heavy (non-hydrogen) atoms. The number of rotatable bonds is 5. The van der Waals surface area contributed by atoms with Crippen LogP contribution in [0.4, 0.5) is 10.1 Å². The number of anilines is 1. The monoisotopic (exact) mass is 627 g/mol. The Kier molecular flexibility index (Phi) is 6.85. The van der Waals surface area contributed by atoms with Crippen molar-refractivity contribution in [1.29, 1.82) is 0 Å². The fraction of sp³-hybridized carbons (Fsp3) is 0.268. The molecule has 238 valence electrons. The minimum Gasteiger partial charge on any atom is -0.504 e.